The average Bonchev–Trinajstić information content (AvgIpc) is 2.28. The summed E-state index contributed by atoms with van der Waals surface area (Å²) in [4.78, 5) is 11.6. The number of benzene rings is 1. The zero-order valence-corrected chi connectivity index (χ0v) is 9.98. The van der Waals surface area contributed by atoms with E-state index < -0.39 is 29.1 Å². The molecule has 0 radical (unpaired) electrons. The first-order valence-electron chi connectivity index (χ1n) is 4.98. The van der Waals surface area contributed by atoms with Crippen LogP contribution in [-0.4, -0.2) is 17.5 Å². The van der Waals surface area contributed by atoms with Crippen molar-refractivity contribution in [3.8, 4) is 5.75 Å². The number of ketones is 1. The number of alkyl halides is 4. The number of Topliss-reactive ketones (excluding diaryl/α,β-unsaturated/α-hetero) is 1. The molecule has 0 fully saturated rings. The van der Waals surface area contributed by atoms with Crippen molar-refractivity contribution in [1.29, 1.82) is 0 Å². The highest BCUT2D eigenvalue weighted by Crippen LogP contribution is 2.26. The van der Waals surface area contributed by atoms with Gasteiger partial charge in [-0.25, -0.2) is 4.39 Å². The minimum absolute atomic E-state index is 0.0936. The Hall–Kier alpha value is -1.30. The summed E-state index contributed by atoms with van der Waals surface area (Å²) < 4.78 is 52.4. The zero-order chi connectivity index (χ0) is 13.9. The maximum atomic E-state index is 13.3. The fraction of sp³-hybridized carbons (Fsp3) is 0.364. The number of carbonyl (C=O) groups excluding carboxylic acids is 1. The van der Waals surface area contributed by atoms with E-state index in [9.17, 15) is 22.4 Å². The molecule has 1 rings (SSSR count). The van der Waals surface area contributed by atoms with E-state index in [1.54, 1.807) is 6.92 Å². The standard InChI is InChI=1S/C11H9ClF4O2/c1-2-7(12)10(17)6-3-4-9(8(13)5-6)18-11(14,15)16/h3-5,7H,2H2,1H3. The third-order valence-electron chi connectivity index (χ3n) is 2.09. The molecular weight excluding hydrogens is 276 g/mol. The number of rotatable bonds is 4. The Morgan fingerprint density at radius 2 is 2.06 bits per heavy atom. The Bertz CT molecular complexity index is 445. The highest BCUT2D eigenvalue weighted by molar-refractivity contribution is 6.33. The molecule has 0 amide bonds. The molecular formula is C11H9ClF4O2. The SMILES string of the molecule is CCC(Cl)C(=O)c1ccc(OC(F)(F)F)c(F)c1. The molecule has 2 nitrogen and oxygen atoms in total. The predicted molar refractivity (Wildman–Crippen MR) is 57.3 cm³/mol. The Labute approximate surface area is 105 Å². The van der Waals surface area contributed by atoms with Crippen molar-refractivity contribution >= 4 is 17.4 Å². The van der Waals surface area contributed by atoms with Crippen LogP contribution in [0.5, 0.6) is 5.75 Å². The zero-order valence-electron chi connectivity index (χ0n) is 9.22. The fourth-order valence-electron chi connectivity index (χ4n) is 1.23. The Morgan fingerprint density at radius 1 is 1.44 bits per heavy atom. The first-order valence-corrected chi connectivity index (χ1v) is 5.42. The van der Waals surface area contributed by atoms with Crippen LogP contribution in [0.2, 0.25) is 0 Å². The molecule has 0 aliphatic rings. The molecule has 0 saturated carbocycles. The van der Waals surface area contributed by atoms with Gasteiger partial charge in [0.25, 0.3) is 0 Å². The average molecular weight is 285 g/mol. The summed E-state index contributed by atoms with van der Waals surface area (Å²) in [5.41, 5.74) is -0.0936. The van der Waals surface area contributed by atoms with Crippen molar-refractivity contribution in [2.24, 2.45) is 0 Å². The lowest BCUT2D eigenvalue weighted by Crippen LogP contribution is -2.18. The van der Waals surface area contributed by atoms with Gasteiger partial charge in [-0.3, -0.25) is 4.79 Å². The largest absolute Gasteiger partial charge is 0.573 e. The van der Waals surface area contributed by atoms with Crippen molar-refractivity contribution in [2.75, 3.05) is 0 Å². The van der Waals surface area contributed by atoms with Crippen LogP contribution in [0.15, 0.2) is 18.2 Å². The number of hydrogen-bond donors (Lipinski definition) is 0. The Morgan fingerprint density at radius 3 is 2.50 bits per heavy atom. The summed E-state index contributed by atoms with van der Waals surface area (Å²) in [6, 6.07) is 2.46. The highest BCUT2D eigenvalue weighted by atomic mass is 35.5. The van der Waals surface area contributed by atoms with Gasteiger partial charge in [0.1, 0.15) is 0 Å². The van der Waals surface area contributed by atoms with Gasteiger partial charge < -0.3 is 4.74 Å². The third-order valence-corrected chi connectivity index (χ3v) is 2.59. The maximum Gasteiger partial charge on any atom is 0.573 e. The van der Waals surface area contributed by atoms with Gasteiger partial charge in [-0.15, -0.1) is 24.8 Å². The van der Waals surface area contributed by atoms with Crippen molar-refractivity contribution < 1.29 is 27.1 Å². The van der Waals surface area contributed by atoms with Crippen molar-refractivity contribution in [3.63, 3.8) is 0 Å². The van der Waals surface area contributed by atoms with Crippen molar-refractivity contribution in [1.82, 2.24) is 0 Å². The lowest BCUT2D eigenvalue weighted by molar-refractivity contribution is -0.275. The molecule has 0 aromatic heterocycles. The van der Waals surface area contributed by atoms with Gasteiger partial charge in [0.05, 0.1) is 5.38 Å². The molecule has 0 saturated heterocycles. The first kappa shape index (κ1) is 14.8. The van der Waals surface area contributed by atoms with E-state index in [1.807, 2.05) is 0 Å². The number of ether oxygens (including phenoxy) is 1. The molecule has 0 spiro atoms. The van der Waals surface area contributed by atoms with Crippen molar-refractivity contribution in [2.45, 2.75) is 25.1 Å². The predicted octanol–water partition coefficient (Wildman–Crippen LogP) is 3.92. The van der Waals surface area contributed by atoms with Gasteiger partial charge in [0.2, 0.25) is 0 Å². The smallest absolute Gasteiger partial charge is 0.403 e. The number of hydrogen-bond acceptors (Lipinski definition) is 2. The lowest BCUT2D eigenvalue weighted by Gasteiger charge is -2.11. The summed E-state index contributed by atoms with van der Waals surface area (Å²) in [5.74, 6) is -2.79. The van der Waals surface area contributed by atoms with Crippen LogP contribution in [-0.2, 0) is 0 Å². The second-order valence-electron chi connectivity index (χ2n) is 3.43. The fourth-order valence-corrected chi connectivity index (χ4v) is 1.35. The highest BCUT2D eigenvalue weighted by Gasteiger charge is 2.32. The number of carbonyl (C=O) groups is 1. The van der Waals surface area contributed by atoms with Crippen LogP contribution < -0.4 is 4.74 Å². The van der Waals surface area contributed by atoms with E-state index in [0.29, 0.717) is 12.5 Å². The van der Waals surface area contributed by atoms with E-state index in [2.05, 4.69) is 4.74 Å². The minimum Gasteiger partial charge on any atom is -0.403 e. The Balaban J connectivity index is 2.96. The molecule has 0 heterocycles. The van der Waals surface area contributed by atoms with Crippen LogP contribution in [0, 0.1) is 5.82 Å². The summed E-state index contributed by atoms with van der Waals surface area (Å²) >= 11 is 5.67. The molecule has 0 N–H and O–H groups in total. The van der Waals surface area contributed by atoms with Crippen LogP contribution >= 0.6 is 11.6 Å². The van der Waals surface area contributed by atoms with Gasteiger partial charge in [-0.1, -0.05) is 6.92 Å². The van der Waals surface area contributed by atoms with Crippen LogP contribution in [0.3, 0.4) is 0 Å². The molecule has 0 aliphatic heterocycles. The van der Waals surface area contributed by atoms with Crippen LogP contribution in [0.1, 0.15) is 23.7 Å². The van der Waals surface area contributed by atoms with E-state index in [1.165, 1.54) is 0 Å². The topological polar surface area (TPSA) is 26.3 Å². The normalized spacial score (nSPS) is 13.2. The molecule has 1 unspecified atom stereocenters. The summed E-state index contributed by atoms with van der Waals surface area (Å²) in [7, 11) is 0. The Kier molecular flexibility index (Phi) is 4.56. The molecule has 7 heteroatoms. The van der Waals surface area contributed by atoms with Crippen molar-refractivity contribution in [3.05, 3.63) is 29.6 Å². The second kappa shape index (κ2) is 5.56. The number of halogens is 5. The van der Waals surface area contributed by atoms with E-state index in [0.717, 1.165) is 12.1 Å². The molecule has 0 aliphatic carbocycles. The molecule has 1 atom stereocenters. The quantitative estimate of drug-likeness (QED) is 0.476. The monoisotopic (exact) mass is 284 g/mol. The molecule has 1 aromatic carbocycles. The molecule has 1 aromatic rings. The summed E-state index contributed by atoms with van der Waals surface area (Å²) in [6.45, 7) is 1.66. The summed E-state index contributed by atoms with van der Waals surface area (Å²) in [6.07, 6.45) is -4.65. The van der Waals surface area contributed by atoms with E-state index >= 15 is 0 Å². The van der Waals surface area contributed by atoms with Gasteiger partial charge in [-0.2, -0.15) is 0 Å². The van der Waals surface area contributed by atoms with Crippen LogP contribution in [0.25, 0.3) is 0 Å². The van der Waals surface area contributed by atoms with Crippen LogP contribution in [0.4, 0.5) is 17.6 Å². The van der Waals surface area contributed by atoms with E-state index in [-0.39, 0.29) is 5.56 Å². The lowest BCUT2D eigenvalue weighted by atomic mass is 10.1. The minimum atomic E-state index is -4.98. The molecule has 0 bridgehead atoms. The van der Waals surface area contributed by atoms with Gasteiger partial charge in [0.15, 0.2) is 17.3 Å². The van der Waals surface area contributed by atoms with E-state index in [4.69, 9.17) is 11.6 Å². The van der Waals surface area contributed by atoms with Gasteiger partial charge in [0, 0.05) is 5.56 Å². The molecule has 100 valence electrons. The third kappa shape index (κ3) is 3.87. The molecule has 18 heavy (non-hydrogen) atoms. The maximum absolute atomic E-state index is 13.3. The first-order chi connectivity index (χ1) is 8.24. The van der Waals surface area contributed by atoms with Gasteiger partial charge >= 0.3 is 6.36 Å². The van der Waals surface area contributed by atoms with Gasteiger partial charge in [-0.05, 0) is 24.6 Å². The summed E-state index contributed by atoms with van der Waals surface area (Å²) in [5, 5.41) is -0.834. The second-order valence-corrected chi connectivity index (χ2v) is 3.96.